The van der Waals surface area contributed by atoms with Gasteiger partial charge in [0.15, 0.2) is 0 Å². The number of aromatic nitrogens is 2. The lowest BCUT2D eigenvalue weighted by Gasteiger charge is -2.17. The van der Waals surface area contributed by atoms with Crippen LogP contribution in [0.15, 0.2) is 30.6 Å². The third-order valence-electron chi connectivity index (χ3n) is 3.21. The van der Waals surface area contributed by atoms with Crippen LogP contribution in [0.4, 0.5) is 0 Å². The molecular formula is C15H21N3O. The van der Waals surface area contributed by atoms with E-state index in [2.05, 4.69) is 16.5 Å². The van der Waals surface area contributed by atoms with Gasteiger partial charge in [0.1, 0.15) is 11.6 Å². The molecule has 4 heteroatoms. The van der Waals surface area contributed by atoms with Crippen LogP contribution in [-0.2, 0) is 6.54 Å². The summed E-state index contributed by atoms with van der Waals surface area (Å²) in [5, 5.41) is 0. The Hall–Kier alpha value is -1.81. The Kier molecular flexibility index (Phi) is 4.22. The zero-order valence-corrected chi connectivity index (χ0v) is 11.8. The standard InChI is InChI=1S/C15H21N3O/c1-4-8-18-9-7-17-15(18)14(16)12-6-5-11(2)10-13(12)19-3/h5-7,9-10,14H,4,8,16H2,1-3H3. The molecule has 0 saturated heterocycles. The summed E-state index contributed by atoms with van der Waals surface area (Å²) < 4.78 is 7.53. The highest BCUT2D eigenvalue weighted by atomic mass is 16.5. The maximum atomic E-state index is 6.35. The van der Waals surface area contributed by atoms with Gasteiger partial charge >= 0.3 is 0 Å². The predicted octanol–water partition coefficient (Wildman–Crippen LogP) is 2.66. The van der Waals surface area contributed by atoms with Crippen molar-refractivity contribution in [2.45, 2.75) is 32.9 Å². The molecule has 0 aliphatic rings. The van der Waals surface area contributed by atoms with Gasteiger partial charge in [0.25, 0.3) is 0 Å². The van der Waals surface area contributed by atoms with Crippen molar-refractivity contribution < 1.29 is 4.74 Å². The molecule has 2 N–H and O–H groups in total. The second-order valence-electron chi connectivity index (χ2n) is 4.70. The van der Waals surface area contributed by atoms with E-state index in [4.69, 9.17) is 10.5 Å². The molecule has 0 amide bonds. The first-order valence-corrected chi connectivity index (χ1v) is 6.58. The van der Waals surface area contributed by atoms with Crippen LogP contribution >= 0.6 is 0 Å². The van der Waals surface area contributed by atoms with Crippen molar-refractivity contribution in [3.8, 4) is 5.75 Å². The van der Waals surface area contributed by atoms with E-state index in [0.717, 1.165) is 35.7 Å². The summed E-state index contributed by atoms with van der Waals surface area (Å²) in [5.74, 6) is 1.70. The van der Waals surface area contributed by atoms with Crippen LogP contribution in [0.5, 0.6) is 5.75 Å². The Morgan fingerprint density at radius 2 is 2.21 bits per heavy atom. The fourth-order valence-corrected chi connectivity index (χ4v) is 2.24. The van der Waals surface area contributed by atoms with Gasteiger partial charge in [-0.1, -0.05) is 19.1 Å². The fraction of sp³-hybridized carbons (Fsp3) is 0.400. The summed E-state index contributed by atoms with van der Waals surface area (Å²) in [6.45, 7) is 5.11. The number of nitrogens with zero attached hydrogens (tertiary/aromatic N) is 2. The van der Waals surface area contributed by atoms with E-state index in [1.807, 2.05) is 31.3 Å². The fourth-order valence-electron chi connectivity index (χ4n) is 2.24. The van der Waals surface area contributed by atoms with Crippen molar-refractivity contribution in [3.63, 3.8) is 0 Å². The van der Waals surface area contributed by atoms with Crippen LogP contribution in [0.2, 0.25) is 0 Å². The first-order valence-electron chi connectivity index (χ1n) is 6.58. The molecule has 4 nitrogen and oxygen atoms in total. The van der Waals surface area contributed by atoms with Gasteiger partial charge in [-0.05, 0) is 25.0 Å². The van der Waals surface area contributed by atoms with Gasteiger partial charge in [-0.3, -0.25) is 0 Å². The van der Waals surface area contributed by atoms with E-state index in [9.17, 15) is 0 Å². The van der Waals surface area contributed by atoms with E-state index in [1.54, 1.807) is 13.3 Å². The normalized spacial score (nSPS) is 12.4. The van der Waals surface area contributed by atoms with E-state index < -0.39 is 0 Å². The lowest BCUT2D eigenvalue weighted by atomic mass is 10.0. The average Bonchev–Trinajstić information content (AvgIpc) is 2.86. The first kappa shape index (κ1) is 13.6. The maximum absolute atomic E-state index is 6.35. The van der Waals surface area contributed by atoms with Gasteiger partial charge in [-0.2, -0.15) is 0 Å². The van der Waals surface area contributed by atoms with E-state index >= 15 is 0 Å². The second-order valence-corrected chi connectivity index (χ2v) is 4.70. The number of hydrogen-bond acceptors (Lipinski definition) is 3. The summed E-state index contributed by atoms with van der Waals surface area (Å²) in [7, 11) is 1.67. The minimum absolute atomic E-state index is 0.267. The molecule has 1 heterocycles. The largest absolute Gasteiger partial charge is 0.496 e. The number of aryl methyl sites for hydroxylation is 2. The summed E-state index contributed by atoms with van der Waals surface area (Å²) in [5.41, 5.74) is 8.48. The molecule has 0 saturated carbocycles. The van der Waals surface area contributed by atoms with Crippen LogP contribution in [0.25, 0.3) is 0 Å². The number of imidazole rings is 1. The van der Waals surface area contributed by atoms with Gasteiger partial charge in [0.05, 0.1) is 13.2 Å². The Balaban J connectivity index is 2.38. The summed E-state index contributed by atoms with van der Waals surface area (Å²) in [4.78, 5) is 4.39. The smallest absolute Gasteiger partial charge is 0.130 e. The quantitative estimate of drug-likeness (QED) is 0.898. The third kappa shape index (κ3) is 2.79. The molecule has 1 aromatic heterocycles. The lowest BCUT2D eigenvalue weighted by Crippen LogP contribution is -2.18. The molecule has 0 aliphatic heterocycles. The van der Waals surface area contributed by atoms with Crippen LogP contribution in [0.1, 0.15) is 36.3 Å². The summed E-state index contributed by atoms with van der Waals surface area (Å²) in [6, 6.07) is 5.80. The number of ether oxygens (including phenoxy) is 1. The Labute approximate surface area is 114 Å². The number of rotatable bonds is 5. The molecule has 0 aliphatic carbocycles. The van der Waals surface area contributed by atoms with Crippen molar-refractivity contribution in [1.29, 1.82) is 0 Å². The molecule has 0 radical (unpaired) electrons. The Morgan fingerprint density at radius 1 is 1.42 bits per heavy atom. The van der Waals surface area contributed by atoms with Crippen LogP contribution in [-0.4, -0.2) is 16.7 Å². The number of methoxy groups -OCH3 is 1. The molecule has 0 spiro atoms. The topological polar surface area (TPSA) is 53.1 Å². The maximum Gasteiger partial charge on any atom is 0.130 e. The Morgan fingerprint density at radius 3 is 2.89 bits per heavy atom. The number of hydrogen-bond donors (Lipinski definition) is 1. The van der Waals surface area contributed by atoms with E-state index in [1.165, 1.54) is 0 Å². The molecular weight excluding hydrogens is 238 g/mol. The molecule has 1 aromatic carbocycles. The van der Waals surface area contributed by atoms with Crippen LogP contribution in [0, 0.1) is 6.92 Å². The zero-order valence-electron chi connectivity index (χ0n) is 11.8. The monoisotopic (exact) mass is 259 g/mol. The minimum atomic E-state index is -0.267. The molecule has 1 unspecified atom stereocenters. The minimum Gasteiger partial charge on any atom is -0.496 e. The zero-order chi connectivity index (χ0) is 13.8. The first-order chi connectivity index (χ1) is 9.17. The Bertz CT molecular complexity index is 548. The third-order valence-corrected chi connectivity index (χ3v) is 3.21. The number of nitrogens with two attached hydrogens (primary N) is 1. The second kappa shape index (κ2) is 5.89. The van der Waals surface area contributed by atoms with Crippen molar-refractivity contribution in [3.05, 3.63) is 47.5 Å². The average molecular weight is 259 g/mol. The van der Waals surface area contributed by atoms with Gasteiger partial charge in [0, 0.05) is 24.5 Å². The SMILES string of the molecule is CCCn1ccnc1C(N)c1ccc(C)cc1OC. The van der Waals surface area contributed by atoms with Crippen molar-refractivity contribution in [1.82, 2.24) is 9.55 Å². The summed E-state index contributed by atoms with van der Waals surface area (Å²) in [6.07, 6.45) is 4.83. The van der Waals surface area contributed by atoms with Gasteiger partial charge in [-0.15, -0.1) is 0 Å². The predicted molar refractivity (Wildman–Crippen MR) is 76.3 cm³/mol. The molecule has 1 atom stereocenters. The van der Waals surface area contributed by atoms with Crippen molar-refractivity contribution in [2.75, 3.05) is 7.11 Å². The molecule has 0 bridgehead atoms. The number of benzene rings is 1. The molecule has 0 fully saturated rings. The highest BCUT2D eigenvalue weighted by Gasteiger charge is 2.18. The molecule has 102 valence electrons. The molecule has 2 rings (SSSR count). The highest BCUT2D eigenvalue weighted by Crippen LogP contribution is 2.28. The van der Waals surface area contributed by atoms with E-state index in [0.29, 0.717) is 0 Å². The van der Waals surface area contributed by atoms with Crippen molar-refractivity contribution >= 4 is 0 Å². The lowest BCUT2D eigenvalue weighted by molar-refractivity contribution is 0.406. The van der Waals surface area contributed by atoms with Crippen LogP contribution < -0.4 is 10.5 Å². The van der Waals surface area contributed by atoms with Crippen LogP contribution in [0.3, 0.4) is 0 Å². The van der Waals surface area contributed by atoms with Gasteiger partial charge in [-0.25, -0.2) is 4.98 Å². The summed E-state index contributed by atoms with van der Waals surface area (Å²) >= 11 is 0. The highest BCUT2D eigenvalue weighted by molar-refractivity contribution is 5.41. The van der Waals surface area contributed by atoms with Crippen molar-refractivity contribution in [2.24, 2.45) is 5.73 Å². The molecule has 19 heavy (non-hydrogen) atoms. The van der Waals surface area contributed by atoms with Gasteiger partial charge < -0.3 is 15.0 Å². The molecule has 2 aromatic rings. The van der Waals surface area contributed by atoms with Gasteiger partial charge in [0.2, 0.25) is 0 Å². The van der Waals surface area contributed by atoms with E-state index in [-0.39, 0.29) is 6.04 Å².